The molecule has 0 saturated heterocycles. The third-order valence-electron chi connectivity index (χ3n) is 2.79. The predicted octanol–water partition coefficient (Wildman–Crippen LogP) is 2.55. The molecule has 0 bridgehead atoms. The number of nitrogens with one attached hydrogen (secondary N) is 1. The summed E-state index contributed by atoms with van der Waals surface area (Å²) in [6.45, 7) is 0.208. The van der Waals surface area contributed by atoms with Gasteiger partial charge in [0.25, 0.3) is 0 Å². The molecular formula is C16H15N3O2. The van der Waals surface area contributed by atoms with Gasteiger partial charge in [-0.25, -0.2) is 0 Å². The summed E-state index contributed by atoms with van der Waals surface area (Å²) in [5.74, 6) is 0.328. The van der Waals surface area contributed by atoms with Crippen molar-refractivity contribution in [1.29, 1.82) is 5.26 Å². The molecule has 0 spiro atoms. The molecule has 0 heterocycles. The molecule has 0 atom stereocenters. The third kappa shape index (κ3) is 4.25. The van der Waals surface area contributed by atoms with Crippen molar-refractivity contribution in [2.24, 2.45) is 0 Å². The minimum atomic E-state index is -0.158. The van der Waals surface area contributed by atoms with Crippen LogP contribution in [-0.4, -0.2) is 12.5 Å². The Morgan fingerprint density at radius 1 is 1.19 bits per heavy atom. The number of rotatable bonds is 5. The van der Waals surface area contributed by atoms with Crippen LogP contribution < -0.4 is 15.8 Å². The van der Waals surface area contributed by atoms with Gasteiger partial charge >= 0.3 is 0 Å². The maximum atomic E-state index is 11.8. The van der Waals surface area contributed by atoms with Crippen LogP contribution >= 0.6 is 0 Å². The number of nitrogen functional groups attached to an aromatic ring is 1. The topological polar surface area (TPSA) is 88.1 Å². The molecule has 106 valence electrons. The second-order valence-corrected chi connectivity index (χ2v) is 4.38. The average Bonchev–Trinajstić information content (AvgIpc) is 2.50. The zero-order chi connectivity index (χ0) is 15.1. The lowest BCUT2D eigenvalue weighted by Gasteiger charge is -2.08. The van der Waals surface area contributed by atoms with Crippen LogP contribution in [0.3, 0.4) is 0 Å². The van der Waals surface area contributed by atoms with E-state index in [4.69, 9.17) is 15.7 Å². The van der Waals surface area contributed by atoms with Crippen LogP contribution in [0, 0.1) is 11.3 Å². The lowest BCUT2D eigenvalue weighted by molar-refractivity contribution is -0.116. The fraction of sp³-hybridized carbons (Fsp3) is 0.125. The van der Waals surface area contributed by atoms with Gasteiger partial charge < -0.3 is 15.8 Å². The van der Waals surface area contributed by atoms with Gasteiger partial charge in [-0.05, 0) is 36.4 Å². The van der Waals surface area contributed by atoms with Crippen molar-refractivity contribution in [3.63, 3.8) is 0 Å². The van der Waals surface area contributed by atoms with E-state index in [1.54, 1.807) is 48.5 Å². The molecule has 1 amide bonds. The summed E-state index contributed by atoms with van der Waals surface area (Å²) in [5.41, 5.74) is 7.36. The molecule has 21 heavy (non-hydrogen) atoms. The highest BCUT2D eigenvalue weighted by molar-refractivity contribution is 5.90. The highest BCUT2D eigenvalue weighted by Crippen LogP contribution is 2.16. The number of hydrogen-bond acceptors (Lipinski definition) is 4. The summed E-state index contributed by atoms with van der Waals surface area (Å²) in [6, 6.07) is 15.9. The number of ether oxygens (including phenoxy) is 1. The maximum Gasteiger partial charge on any atom is 0.227 e. The average molecular weight is 281 g/mol. The number of carbonyl (C=O) groups is 1. The summed E-state index contributed by atoms with van der Waals surface area (Å²) in [6.07, 6.45) is 0.199. The number of nitrogens with zero attached hydrogens (tertiary/aromatic N) is 1. The Morgan fingerprint density at radius 2 is 1.90 bits per heavy atom. The van der Waals surface area contributed by atoms with Crippen LogP contribution in [0.15, 0.2) is 48.5 Å². The van der Waals surface area contributed by atoms with Gasteiger partial charge in [0.05, 0.1) is 18.6 Å². The van der Waals surface area contributed by atoms with E-state index < -0.39 is 0 Å². The van der Waals surface area contributed by atoms with Crippen LogP contribution in [0.2, 0.25) is 0 Å². The summed E-state index contributed by atoms with van der Waals surface area (Å²) >= 11 is 0. The Morgan fingerprint density at radius 3 is 2.62 bits per heavy atom. The molecular weight excluding hydrogens is 266 g/mol. The zero-order valence-electron chi connectivity index (χ0n) is 11.4. The summed E-state index contributed by atoms with van der Waals surface area (Å²) < 4.78 is 5.45. The lowest BCUT2D eigenvalue weighted by Crippen LogP contribution is -2.15. The largest absolute Gasteiger partial charge is 0.492 e. The van der Waals surface area contributed by atoms with Crippen LogP contribution in [0.4, 0.5) is 11.4 Å². The summed E-state index contributed by atoms with van der Waals surface area (Å²) in [5, 5.41) is 11.7. The highest BCUT2D eigenvalue weighted by Gasteiger charge is 2.05. The van der Waals surface area contributed by atoms with Gasteiger partial charge in [0.1, 0.15) is 11.8 Å². The van der Waals surface area contributed by atoms with Gasteiger partial charge in [0.2, 0.25) is 5.91 Å². The number of anilines is 2. The van der Waals surface area contributed by atoms with Gasteiger partial charge in [-0.15, -0.1) is 0 Å². The molecule has 0 saturated carbocycles. The minimum absolute atomic E-state index is 0.158. The smallest absolute Gasteiger partial charge is 0.227 e. The van der Waals surface area contributed by atoms with Gasteiger partial charge in [-0.2, -0.15) is 5.26 Å². The molecule has 5 nitrogen and oxygen atoms in total. The number of para-hydroxylation sites is 1. The van der Waals surface area contributed by atoms with E-state index in [2.05, 4.69) is 5.32 Å². The van der Waals surface area contributed by atoms with E-state index in [1.807, 2.05) is 6.07 Å². The number of benzene rings is 2. The molecule has 3 N–H and O–H groups in total. The minimum Gasteiger partial charge on any atom is -0.492 e. The Hall–Kier alpha value is -3.00. The van der Waals surface area contributed by atoms with Crippen molar-refractivity contribution in [2.75, 3.05) is 17.7 Å². The molecule has 2 rings (SSSR count). The SMILES string of the molecule is N#Cc1ccccc1OCCC(=O)Nc1ccc(N)cc1. The molecule has 5 heteroatoms. The normalized spacial score (nSPS) is 9.67. The molecule has 0 radical (unpaired) electrons. The molecule has 2 aromatic rings. The van der Waals surface area contributed by atoms with Gasteiger partial charge in [-0.3, -0.25) is 4.79 Å². The zero-order valence-corrected chi connectivity index (χ0v) is 11.4. The van der Waals surface area contributed by atoms with Gasteiger partial charge in [-0.1, -0.05) is 12.1 Å². The van der Waals surface area contributed by atoms with Gasteiger partial charge in [0, 0.05) is 11.4 Å². The first-order valence-corrected chi connectivity index (χ1v) is 6.46. The summed E-state index contributed by atoms with van der Waals surface area (Å²) in [7, 11) is 0. The lowest BCUT2D eigenvalue weighted by atomic mass is 10.2. The maximum absolute atomic E-state index is 11.8. The van der Waals surface area contributed by atoms with Crippen molar-refractivity contribution < 1.29 is 9.53 Å². The number of nitrogens with two attached hydrogens (primary N) is 1. The first-order chi connectivity index (χ1) is 10.2. The Kier molecular flexibility index (Phi) is 4.78. The highest BCUT2D eigenvalue weighted by atomic mass is 16.5. The van der Waals surface area contributed by atoms with Crippen molar-refractivity contribution >= 4 is 17.3 Å². The van der Waals surface area contributed by atoms with Crippen LogP contribution in [0.5, 0.6) is 5.75 Å². The fourth-order valence-electron chi connectivity index (χ4n) is 1.73. The van der Waals surface area contributed by atoms with Crippen LogP contribution in [-0.2, 0) is 4.79 Å². The van der Waals surface area contributed by atoms with E-state index in [0.717, 1.165) is 0 Å². The number of amides is 1. The Bertz CT molecular complexity index is 660. The van der Waals surface area contributed by atoms with Crippen molar-refractivity contribution in [3.05, 3.63) is 54.1 Å². The second kappa shape index (κ2) is 6.96. The molecule has 0 aliphatic carbocycles. The van der Waals surface area contributed by atoms with E-state index in [-0.39, 0.29) is 18.9 Å². The fourth-order valence-corrected chi connectivity index (χ4v) is 1.73. The van der Waals surface area contributed by atoms with Crippen molar-refractivity contribution in [2.45, 2.75) is 6.42 Å². The van der Waals surface area contributed by atoms with Crippen molar-refractivity contribution in [3.8, 4) is 11.8 Å². The standard InChI is InChI=1S/C16H15N3O2/c17-11-12-3-1-2-4-15(12)21-10-9-16(20)19-14-7-5-13(18)6-8-14/h1-8H,9-10,18H2,(H,19,20). The third-order valence-corrected chi connectivity index (χ3v) is 2.79. The monoisotopic (exact) mass is 281 g/mol. The molecule has 0 aliphatic rings. The van der Waals surface area contributed by atoms with E-state index in [9.17, 15) is 4.79 Å². The van der Waals surface area contributed by atoms with Crippen molar-refractivity contribution in [1.82, 2.24) is 0 Å². The van der Waals surface area contributed by atoms with E-state index in [0.29, 0.717) is 22.7 Å². The van der Waals surface area contributed by atoms with Crippen LogP contribution in [0.1, 0.15) is 12.0 Å². The molecule has 0 aliphatic heterocycles. The molecule has 0 aromatic heterocycles. The molecule has 2 aromatic carbocycles. The number of hydrogen-bond donors (Lipinski definition) is 2. The Labute approximate surface area is 123 Å². The van der Waals surface area contributed by atoms with Gasteiger partial charge in [0.15, 0.2) is 0 Å². The molecule has 0 fully saturated rings. The van der Waals surface area contributed by atoms with E-state index >= 15 is 0 Å². The first-order valence-electron chi connectivity index (χ1n) is 6.46. The predicted molar refractivity (Wildman–Crippen MR) is 80.8 cm³/mol. The number of carbonyl (C=O) groups excluding carboxylic acids is 1. The quantitative estimate of drug-likeness (QED) is 0.824. The molecule has 0 unspecified atom stereocenters. The van der Waals surface area contributed by atoms with Crippen LogP contribution in [0.25, 0.3) is 0 Å². The second-order valence-electron chi connectivity index (χ2n) is 4.38. The number of nitriles is 1. The summed E-state index contributed by atoms with van der Waals surface area (Å²) in [4.78, 5) is 11.8. The first kappa shape index (κ1) is 14.4. The van der Waals surface area contributed by atoms with E-state index in [1.165, 1.54) is 0 Å². The Balaban J connectivity index is 1.82.